The highest BCUT2D eigenvalue weighted by Crippen LogP contribution is 2.15. The van der Waals surface area contributed by atoms with Crippen molar-refractivity contribution in [3.8, 4) is 0 Å². The molecule has 1 fully saturated rings. The first kappa shape index (κ1) is 13.7. The molecule has 0 saturated carbocycles. The zero-order chi connectivity index (χ0) is 12.8. The minimum atomic E-state index is 0.127. The SMILES string of the molecule is O=C(CSCc1ccc(Cl)cc1)NC1CCNC1. The van der Waals surface area contributed by atoms with E-state index in [9.17, 15) is 4.79 Å². The molecule has 1 saturated heterocycles. The summed E-state index contributed by atoms with van der Waals surface area (Å²) in [5.41, 5.74) is 1.19. The molecule has 1 aromatic carbocycles. The van der Waals surface area contributed by atoms with Crippen molar-refractivity contribution in [3.05, 3.63) is 34.9 Å². The second kappa shape index (κ2) is 7.02. The van der Waals surface area contributed by atoms with Crippen LogP contribution in [0.15, 0.2) is 24.3 Å². The molecule has 1 unspecified atom stereocenters. The van der Waals surface area contributed by atoms with Gasteiger partial charge in [-0.2, -0.15) is 0 Å². The number of halogens is 1. The lowest BCUT2D eigenvalue weighted by atomic mass is 10.2. The Morgan fingerprint density at radius 1 is 1.44 bits per heavy atom. The number of carbonyl (C=O) groups excluding carboxylic acids is 1. The summed E-state index contributed by atoms with van der Waals surface area (Å²) < 4.78 is 0. The highest BCUT2D eigenvalue weighted by atomic mass is 35.5. The predicted molar refractivity (Wildman–Crippen MR) is 77.0 cm³/mol. The number of hydrogen-bond acceptors (Lipinski definition) is 3. The zero-order valence-electron chi connectivity index (χ0n) is 10.1. The fraction of sp³-hybridized carbons (Fsp3) is 0.462. The van der Waals surface area contributed by atoms with Gasteiger partial charge in [-0.15, -0.1) is 11.8 Å². The number of hydrogen-bond donors (Lipinski definition) is 2. The smallest absolute Gasteiger partial charge is 0.230 e. The molecule has 1 aromatic rings. The van der Waals surface area contributed by atoms with Gasteiger partial charge in [0.15, 0.2) is 0 Å². The molecule has 3 nitrogen and oxygen atoms in total. The molecule has 1 heterocycles. The highest BCUT2D eigenvalue weighted by molar-refractivity contribution is 7.99. The molecule has 0 bridgehead atoms. The minimum absolute atomic E-state index is 0.127. The number of nitrogens with one attached hydrogen (secondary N) is 2. The van der Waals surface area contributed by atoms with Crippen LogP contribution in [-0.4, -0.2) is 30.8 Å². The molecule has 2 N–H and O–H groups in total. The third kappa shape index (κ3) is 4.52. The molecule has 5 heteroatoms. The molecule has 1 amide bonds. The molecule has 1 atom stereocenters. The molecular formula is C13H17ClN2OS. The lowest BCUT2D eigenvalue weighted by Gasteiger charge is -2.10. The van der Waals surface area contributed by atoms with Gasteiger partial charge in [0.05, 0.1) is 5.75 Å². The Balaban J connectivity index is 1.65. The van der Waals surface area contributed by atoms with E-state index in [1.165, 1.54) is 5.56 Å². The van der Waals surface area contributed by atoms with Crippen LogP contribution in [0.1, 0.15) is 12.0 Å². The fourth-order valence-corrected chi connectivity index (χ4v) is 2.81. The molecule has 18 heavy (non-hydrogen) atoms. The Morgan fingerprint density at radius 3 is 2.89 bits per heavy atom. The van der Waals surface area contributed by atoms with Gasteiger partial charge in [-0.1, -0.05) is 23.7 Å². The van der Waals surface area contributed by atoms with E-state index in [0.29, 0.717) is 11.8 Å². The van der Waals surface area contributed by atoms with E-state index in [-0.39, 0.29) is 5.91 Å². The predicted octanol–water partition coefficient (Wildman–Crippen LogP) is 2.05. The maximum atomic E-state index is 11.7. The summed E-state index contributed by atoms with van der Waals surface area (Å²) in [7, 11) is 0. The Hall–Kier alpha value is -0.710. The Labute approximate surface area is 117 Å². The maximum absolute atomic E-state index is 11.7. The van der Waals surface area contributed by atoms with Crippen molar-refractivity contribution in [1.29, 1.82) is 0 Å². The first-order valence-electron chi connectivity index (χ1n) is 6.06. The Bertz CT molecular complexity index is 390. The van der Waals surface area contributed by atoms with Crippen LogP contribution in [0.3, 0.4) is 0 Å². The first-order valence-corrected chi connectivity index (χ1v) is 7.59. The van der Waals surface area contributed by atoms with E-state index < -0.39 is 0 Å². The molecule has 0 radical (unpaired) electrons. The minimum Gasteiger partial charge on any atom is -0.351 e. The van der Waals surface area contributed by atoms with Gasteiger partial charge in [0.25, 0.3) is 0 Å². The fourth-order valence-electron chi connectivity index (χ4n) is 1.89. The normalized spacial score (nSPS) is 18.8. The topological polar surface area (TPSA) is 41.1 Å². The van der Waals surface area contributed by atoms with Crippen molar-refractivity contribution in [3.63, 3.8) is 0 Å². The van der Waals surface area contributed by atoms with Crippen molar-refractivity contribution in [1.82, 2.24) is 10.6 Å². The molecule has 0 aliphatic carbocycles. The lowest BCUT2D eigenvalue weighted by molar-refractivity contribution is -0.119. The third-order valence-corrected chi connectivity index (χ3v) is 4.10. The zero-order valence-corrected chi connectivity index (χ0v) is 11.7. The maximum Gasteiger partial charge on any atom is 0.230 e. The van der Waals surface area contributed by atoms with Crippen LogP contribution in [-0.2, 0) is 10.5 Å². The number of thioether (sulfide) groups is 1. The van der Waals surface area contributed by atoms with Crippen LogP contribution >= 0.6 is 23.4 Å². The van der Waals surface area contributed by atoms with E-state index in [2.05, 4.69) is 10.6 Å². The molecule has 0 spiro atoms. The summed E-state index contributed by atoms with van der Waals surface area (Å²) in [6, 6.07) is 8.06. The van der Waals surface area contributed by atoms with Gasteiger partial charge < -0.3 is 10.6 Å². The van der Waals surface area contributed by atoms with Crippen LogP contribution in [0.2, 0.25) is 5.02 Å². The molecule has 2 rings (SSSR count). The summed E-state index contributed by atoms with van der Waals surface area (Å²) in [6.07, 6.45) is 1.04. The van der Waals surface area contributed by atoms with Gasteiger partial charge in [0.2, 0.25) is 5.91 Å². The average molecular weight is 285 g/mol. The van der Waals surface area contributed by atoms with E-state index in [1.54, 1.807) is 11.8 Å². The number of rotatable bonds is 5. The second-order valence-corrected chi connectivity index (χ2v) is 5.80. The van der Waals surface area contributed by atoms with Gasteiger partial charge in [0.1, 0.15) is 0 Å². The van der Waals surface area contributed by atoms with Crippen molar-refractivity contribution in [2.45, 2.75) is 18.2 Å². The number of carbonyl (C=O) groups is 1. The monoisotopic (exact) mass is 284 g/mol. The van der Waals surface area contributed by atoms with Gasteiger partial charge in [-0.3, -0.25) is 4.79 Å². The quantitative estimate of drug-likeness (QED) is 0.870. The van der Waals surface area contributed by atoms with Crippen molar-refractivity contribution in [2.75, 3.05) is 18.8 Å². The average Bonchev–Trinajstić information content (AvgIpc) is 2.84. The van der Waals surface area contributed by atoms with Gasteiger partial charge >= 0.3 is 0 Å². The molecule has 1 aliphatic rings. The molecule has 98 valence electrons. The van der Waals surface area contributed by atoms with E-state index >= 15 is 0 Å². The summed E-state index contributed by atoms with van der Waals surface area (Å²) in [5.74, 6) is 1.48. The largest absolute Gasteiger partial charge is 0.351 e. The van der Waals surface area contributed by atoms with Gasteiger partial charge in [0, 0.05) is 23.4 Å². The van der Waals surface area contributed by atoms with Crippen LogP contribution in [0.5, 0.6) is 0 Å². The summed E-state index contributed by atoms with van der Waals surface area (Å²) in [4.78, 5) is 11.7. The van der Waals surface area contributed by atoms with E-state index in [4.69, 9.17) is 11.6 Å². The summed E-state index contributed by atoms with van der Waals surface area (Å²) >= 11 is 7.44. The first-order chi connectivity index (χ1) is 8.74. The molecular weight excluding hydrogens is 268 g/mol. The van der Waals surface area contributed by atoms with Crippen molar-refractivity contribution >= 4 is 29.3 Å². The molecule has 0 aromatic heterocycles. The third-order valence-electron chi connectivity index (χ3n) is 2.84. The van der Waals surface area contributed by atoms with Crippen LogP contribution in [0.4, 0.5) is 0 Å². The van der Waals surface area contributed by atoms with Crippen molar-refractivity contribution < 1.29 is 4.79 Å². The van der Waals surface area contributed by atoms with Gasteiger partial charge in [-0.05, 0) is 30.7 Å². The summed E-state index contributed by atoms with van der Waals surface area (Å²) in [5, 5.41) is 7.01. The Kier molecular flexibility index (Phi) is 5.35. The van der Waals surface area contributed by atoms with Gasteiger partial charge in [-0.25, -0.2) is 0 Å². The lowest BCUT2D eigenvalue weighted by Crippen LogP contribution is -2.37. The highest BCUT2D eigenvalue weighted by Gasteiger charge is 2.16. The van der Waals surface area contributed by atoms with Crippen LogP contribution in [0, 0.1) is 0 Å². The number of amides is 1. The standard InChI is InChI=1S/C13H17ClN2OS/c14-11-3-1-10(2-4-11)8-18-9-13(17)16-12-5-6-15-7-12/h1-4,12,15H,5-9H2,(H,16,17). The number of benzene rings is 1. The summed E-state index contributed by atoms with van der Waals surface area (Å²) in [6.45, 7) is 1.90. The second-order valence-electron chi connectivity index (χ2n) is 4.38. The van der Waals surface area contributed by atoms with Crippen molar-refractivity contribution in [2.24, 2.45) is 0 Å². The Morgan fingerprint density at radius 2 is 2.22 bits per heavy atom. The van der Waals surface area contributed by atoms with Crippen LogP contribution < -0.4 is 10.6 Å². The van der Waals surface area contributed by atoms with E-state index in [0.717, 1.165) is 30.3 Å². The van der Waals surface area contributed by atoms with Crippen LogP contribution in [0.25, 0.3) is 0 Å². The van der Waals surface area contributed by atoms with E-state index in [1.807, 2.05) is 24.3 Å². The molecule has 1 aliphatic heterocycles.